The van der Waals surface area contributed by atoms with Crippen LogP contribution in [0.2, 0.25) is 5.02 Å². The summed E-state index contributed by atoms with van der Waals surface area (Å²) in [6.07, 6.45) is 1.52. The van der Waals surface area contributed by atoms with Gasteiger partial charge in [0, 0.05) is 16.9 Å². The highest BCUT2D eigenvalue weighted by Gasteiger charge is 2.10. The number of carbonyl (C=O) groups excluding carboxylic acids is 1. The molecule has 1 heterocycles. The fourth-order valence-corrected chi connectivity index (χ4v) is 2.58. The number of rotatable bonds is 5. The van der Waals surface area contributed by atoms with Crippen molar-refractivity contribution in [2.24, 2.45) is 0 Å². The molecule has 6 heteroatoms. The Morgan fingerprint density at radius 1 is 1.08 bits per heavy atom. The topological polar surface area (TPSA) is 63.2 Å². The first-order valence-electron chi connectivity index (χ1n) is 8.00. The minimum Gasteiger partial charge on any atom is -0.495 e. The van der Waals surface area contributed by atoms with Crippen molar-refractivity contribution in [2.75, 3.05) is 17.7 Å². The molecule has 0 aliphatic rings. The van der Waals surface area contributed by atoms with E-state index in [0.29, 0.717) is 27.8 Å². The molecule has 5 nitrogen and oxygen atoms in total. The van der Waals surface area contributed by atoms with Gasteiger partial charge in [0.25, 0.3) is 5.91 Å². The highest BCUT2D eigenvalue weighted by atomic mass is 35.5. The molecule has 0 radical (unpaired) electrons. The Morgan fingerprint density at radius 2 is 1.88 bits per heavy atom. The second kappa shape index (κ2) is 7.89. The number of benzene rings is 2. The van der Waals surface area contributed by atoms with Crippen LogP contribution in [0.4, 0.5) is 17.2 Å². The van der Waals surface area contributed by atoms with Crippen LogP contribution in [0.5, 0.6) is 5.75 Å². The Morgan fingerprint density at radius 3 is 2.62 bits per heavy atom. The lowest BCUT2D eigenvalue weighted by atomic mass is 10.2. The Bertz CT molecular complexity index is 927. The molecule has 1 amide bonds. The largest absolute Gasteiger partial charge is 0.495 e. The maximum atomic E-state index is 12.4. The predicted octanol–water partition coefficient (Wildman–Crippen LogP) is 5.05. The van der Waals surface area contributed by atoms with E-state index in [2.05, 4.69) is 15.6 Å². The molecule has 0 aliphatic carbocycles. The number of hydrogen-bond acceptors (Lipinski definition) is 4. The number of pyridine rings is 1. The van der Waals surface area contributed by atoms with Gasteiger partial charge in [0.15, 0.2) is 0 Å². The number of para-hydroxylation sites is 2. The molecule has 26 heavy (non-hydrogen) atoms. The van der Waals surface area contributed by atoms with Gasteiger partial charge < -0.3 is 15.4 Å². The summed E-state index contributed by atoms with van der Waals surface area (Å²) in [6, 6.07) is 16.4. The van der Waals surface area contributed by atoms with Gasteiger partial charge in [0.2, 0.25) is 0 Å². The van der Waals surface area contributed by atoms with Crippen LogP contribution >= 0.6 is 11.6 Å². The molecule has 1 aromatic heterocycles. The number of halogens is 1. The molecule has 132 valence electrons. The van der Waals surface area contributed by atoms with E-state index in [1.165, 1.54) is 6.20 Å². The smallest absolute Gasteiger partial charge is 0.257 e. The first kappa shape index (κ1) is 17.8. The Kier molecular flexibility index (Phi) is 5.39. The lowest BCUT2D eigenvalue weighted by molar-refractivity contribution is 0.102. The quantitative estimate of drug-likeness (QED) is 0.662. The summed E-state index contributed by atoms with van der Waals surface area (Å²) in [5.74, 6) is 1.09. The average molecular weight is 368 g/mol. The van der Waals surface area contributed by atoms with E-state index >= 15 is 0 Å². The van der Waals surface area contributed by atoms with E-state index in [1.807, 2.05) is 37.3 Å². The highest BCUT2D eigenvalue weighted by molar-refractivity contribution is 6.31. The van der Waals surface area contributed by atoms with Crippen molar-refractivity contribution < 1.29 is 9.53 Å². The summed E-state index contributed by atoms with van der Waals surface area (Å²) < 4.78 is 5.30. The van der Waals surface area contributed by atoms with Crippen LogP contribution in [0.3, 0.4) is 0 Å². The van der Waals surface area contributed by atoms with Crippen LogP contribution in [0, 0.1) is 6.92 Å². The van der Waals surface area contributed by atoms with Gasteiger partial charge in [-0.05, 0) is 48.9 Å². The highest BCUT2D eigenvalue weighted by Crippen LogP contribution is 2.26. The van der Waals surface area contributed by atoms with Gasteiger partial charge in [-0.25, -0.2) is 4.98 Å². The Labute approximate surface area is 157 Å². The summed E-state index contributed by atoms with van der Waals surface area (Å²) in [4.78, 5) is 16.7. The normalized spacial score (nSPS) is 10.3. The van der Waals surface area contributed by atoms with E-state index < -0.39 is 0 Å². The number of amides is 1. The molecule has 0 bridgehead atoms. The van der Waals surface area contributed by atoms with E-state index in [1.54, 1.807) is 31.4 Å². The van der Waals surface area contributed by atoms with Gasteiger partial charge in [-0.3, -0.25) is 4.79 Å². The van der Waals surface area contributed by atoms with Crippen LogP contribution in [0.1, 0.15) is 15.9 Å². The second-order valence-corrected chi connectivity index (χ2v) is 6.11. The first-order chi connectivity index (χ1) is 12.6. The zero-order chi connectivity index (χ0) is 18.5. The Hall–Kier alpha value is -3.05. The number of nitrogens with zero attached hydrogens (tertiary/aromatic N) is 1. The van der Waals surface area contributed by atoms with Crippen molar-refractivity contribution in [3.63, 3.8) is 0 Å². The van der Waals surface area contributed by atoms with E-state index in [4.69, 9.17) is 16.3 Å². The summed E-state index contributed by atoms with van der Waals surface area (Å²) in [6.45, 7) is 1.91. The van der Waals surface area contributed by atoms with Crippen LogP contribution in [0.15, 0.2) is 60.8 Å². The fourth-order valence-electron chi connectivity index (χ4n) is 2.41. The molecule has 2 aromatic carbocycles. The van der Waals surface area contributed by atoms with Crippen molar-refractivity contribution >= 4 is 34.7 Å². The molecule has 0 aliphatic heterocycles. The zero-order valence-electron chi connectivity index (χ0n) is 14.4. The third kappa shape index (κ3) is 4.13. The number of methoxy groups -OCH3 is 1. The molecule has 0 saturated heterocycles. The molecule has 0 saturated carbocycles. The molecular formula is C20H18ClN3O2. The van der Waals surface area contributed by atoms with Gasteiger partial charge in [0.05, 0.1) is 18.4 Å². The zero-order valence-corrected chi connectivity index (χ0v) is 15.2. The van der Waals surface area contributed by atoms with Gasteiger partial charge in [-0.2, -0.15) is 0 Å². The van der Waals surface area contributed by atoms with Gasteiger partial charge in [-0.1, -0.05) is 29.8 Å². The first-order valence-corrected chi connectivity index (χ1v) is 8.38. The third-order valence-electron chi connectivity index (χ3n) is 3.84. The number of aromatic nitrogens is 1. The van der Waals surface area contributed by atoms with E-state index in [0.717, 1.165) is 11.3 Å². The molecule has 2 N–H and O–H groups in total. The SMILES string of the molecule is COc1ccccc1Nc1ccc(C(=O)Nc2cc(Cl)ccc2C)cn1. The minimum absolute atomic E-state index is 0.244. The fraction of sp³-hybridized carbons (Fsp3) is 0.100. The van der Waals surface area contributed by atoms with Gasteiger partial charge in [0.1, 0.15) is 11.6 Å². The summed E-state index contributed by atoms with van der Waals surface area (Å²) in [5, 5.41) is 6.59. The van der Waals surface area contributed by atoms with Crippen LogP contribution in [-0.2, 0) is 0 Å². The van der Waals surface area contributed by atoms with Gasteiger partial charge >= 0.3 is 0 Å². The molecular weight excluding hydrogens is 350 g/mol. The Balaban J connectivity index is 1.73. The van der Waals surface area contributed by atoms with Crippen molar-refractivity contribution in [2.45, 2.75) is 6.92 Å². The summed E-state index contributed by atoms with van der Waals surface area (Å²) >= 11 is 5.99. The number of carbonyl (C=O) groups is 1. The molecule has 0 fully saturated rings. The average Bonchev–Trinajstić information content (AvgIpc) is 2.65. The maximum Gasteiger partial charge on any atom is 0.257 e. The van der Waals surface area contributed by atoms with Crippen LogP contribution < -0.4 is 15.4 Å². The third-order valence-corrected chi connectivity index (χ3v) is 4.08. The summed E-state index contributed by atoms with van der Waals surface area (Å²) in [5.41, 5.74) is 2.87. The number of ether oxygens (including phenoxy) is 1. The molecule has 3 rings (SSSR count). The van der Waals surface area contributed by atoms with Crippen LogP contribution in [-0.4, -0.2) is 18.0 Å². The lowest BCUT2D eigenvalue weighted by Crippen LogP contribution is -2.13. The molecule has 0 atom stereocenters. The van der Waals surface area contributed by atoms with Gasteiger partial charge in [-0.15, -0.1) is 0 Å². The lowest BCUT2D eigenvalue weighted by Gasteiger charge is -2.11. The number of nitrogens with one attached hydrogen (secondary N) is 2. The predicted molar refractivity (Wildman–Crippen MR) is 105 cm³/mol. The number of hydrogen-bond donors (Lipinski definition) is 2. The van der Waals surface area contributed by atoms with Crippen molar-refractivity contribution in [1.29, 1.82) is 0 Å². The second-order valence-electron chi connectivity index (χ2n) is 5.67. The number of aryl methyl sites for hydroxylation is 1. The van der Waals surface area contributed by atoms with E-state index in [-0.39, 0.29) is 5.91 Å². The molecule has 0 unspecified atom stereocenters. The summed E-state index contributed by atoms with van der Waals surface area (Å²) in [7, 11) is 1.61. The maximum absolute atomic E-state index is 12.4. The van der Waals surface area contributed by atoms with Crippen molar-refractivity contribution in [3.05, 3.63) is 76.9 Å². The van der Waals surface area contributed by atoms with Crippen molar-refractivity contribution in [3.8, 4) is 5.75 Å². The monoisotopic (exact) mass is 367 g/mol. The standard InChI is InChI=1S/C20H18ClN3O2/c1-13-7-9-15(21)11-17(13)24-20(25)14-8-10-19(22-12-14)23-16-5-3-4-6-18(16)26-2/h3-12H,1-2H3,(H,22,23)(H,24,25). The van der Waals surface area contributed by atoms with E-state index in [9.17, 15) is 4.79 Å². The number of anilines is 3. The molecule has 0 spiro atoms. The molecule has 3 aromatic rings. The van der Waals surface area contributed by atoms with Crippen LogP contribution in [0.25, 0.3) is 0 Å². The minimum atomic E-state index is -0.244. The van der Waals surface area contributed by atoms with Crippen molar-refractivity contribution in [1.82, 2.24) is 4.98 Å².